The van der Waals surface area contributed by atoms with Crippen LogP contribution in [-0.2, 0) is 0 Å². The Hall–Kier alpha value is -0.370. The molecule has 0 aromatic rings. The highest BCUT2D eigenvalue weighted by Gasteiger charge is 2.10. The molecule has 0 fully saturated rings. The summed E-state index contributed by atoms with van der Waals surface area (Å²) in [6.07, 6.45) is 3.26. The van der Waals surface area contributed by atoms with E-state index in [1.165, 1.54) is 0 Å². The molecule has 1 N–H and O–H groups in total. The standard InChI is InChI=1S/C7H11FO/c8-7-4-2-1-3-6(7)5-9/h9H,1-5H2. The van der Waals surface area contributed by atoms with Crippen molar-refractivity contribution < 1.29 is 9.50 Å². The summed E-state index contributed by atoms with van der Waals surface area (Å²) < 4.78 is 12.6. The third-order valence-electron chi connectivity index (χ3n) is 1.70. The van der Waals surface area contributed by atoms with Crippen molar-refractivity contribution in [3.8, 4) is 0 Å². The molecule has 2 heteroatoms. The number of rotatable bonds is 1. The summed E-state index contributed by atoms with van der Waals surface area (Å²) in [7, 11) is 0. The third-order valence-corrected chi connectivity index (χ3v) is 1.70. The number of aliphatic hydroxyl groups is 1. The summed E-state index contributed by atoms with van der Waals surface area (Å²) in [6.45, 7) is -0.0914. The van der Waals surface area contributed by atoms with Crippen LogP contribution in [0.15, 0.2) is 11.4 Å². The Morgan fingerprint density at radius 3 is 2.44 bits per heavy atom. The molecule has 0 saturated carbocycles. The van der Waals surface area contributed by atoms with Crippen molar-refractivity contribution in [3.05, 3.63) is 11.4 Å². The summed E-state index contributed by atoms with van der Waals surface area (Å²) in [5, 5.41) is 8.56. The molecule has 0 atom stereocenters. The highest BCUT2D eigenvalue weighted by atomic mass is 19.1. The largest absolute Gasteiger partial charge is 0.392 e. The number of allylic oxidation sites excluding steroid dienone is 1. The fraction of sp³-hybridized carbons (Fsp3) is 0.714. The molecule has 52 valence electrons. The number of hydrogen-bond acceptors (Lipinski definition) is 1. The molecule has 0 heterocycles. The van der Waals surface area contributed by atoms with E-state index in [-0.39, 0.29) is 12.4 Å². The first kappa shape index (κ1) is 6.75. The van der Waals surface area contributed by atoms with Gasteiger partial charge in [-0.15, -0.1) is 0 Å². The maximum atomic E-state index is 12.6. The van der Waals surface area contributed by atoms with E-state index in [0.717, 1.165) is 19.3 Å². The maximum Gasteiger partial charge on any atom is 0.101 e. The molecule has 0 bridgehead atoms. The number of aliphatic hydroxyl groups excluding tert-OH is 1. The van der Waals surface area contributed by atoms with E-state index in [2.05, 4.69) is 0 Å². The monoisotopic (exact) mass is 130 g/mol. The topological polar surface area (TPSA) is 20.2 Å². The van der Waals surface area contributed by atoms with Crippen molar-refractivity contribution in [2.24, 2.45) is 0 Å². The summed E-state index contributed by atoms with van der Waals surface area (Å²) in [5.41, 5.74) is 0.612. The fourth-order valence-electron chi connectivity index (χ4n) is 1.10. The van der Waals surface area contributed by atoms with Crippen LogP contribution in [0.5, 0.6) is 0 Å². The van der Waals surface area contributed by atoms with E-state index in [4.69, 9.17) is 5.11 Å². The van der Waals surface area contributed by atoms with Gasteiger partial charge in [-0.3, -0.25) is 0 Å². The lowest BCUT2D eigenvalue weighted by atomic mass is 9.99. The number of halogens is 1. The van der Waals surface area contributed by atoms with Crippen molar-refractivity contribution in [1.29, 1.82) is 0 Å². The Bertz CT molecular complexity index is 129. The molecule has 0 amide bonds. The summed E-state index contributed by atoms with van der Waals surface area (Å²) in [5.74, 6) is -0.0799. The van der Waals surface area contributed by atoms with Crippen LogP contribution in [0, 0.1) is 0 Å². The normalized spacial score (nSPS) is 20.7. The van der Waals surface area contributed by atoms with Gasteiger partial charge in [-0.25, -0.2) is 4.39 Å². The van der Waals surface area contributed by atoms with Gasteiger partial charge in [0.15, 0.2) is 0 Å². The van der Waals surface area contributed by atoms with Gasteiger partial charge < -0.3 is 5.11 Å². The Morgan fingerprint density at radius 2 is 2.00 bits per heavy atom. The van der Waals surface area contributed by atoms with Crippen LogP contribution in [0.3, 0.4) is 0 Å². The van der Waals surface area contributed by atoms with Crippen molar-refractivity contribution in [2.45, 2.75) is 25.7 Å². The smallest absolute Gasteiger partial charge is 0.101 e. The van der Waals surface area contributed by atoms with Crippen LogP contribution in [0.1, 0.15) is 25.7 Å². The van der Waals surface area contributed by atoms with Crippen LogP contribution < -0.4 is 0 Å². The minimum Gasteiger partial charge on any atom is -0.392 e. The van der Waals surface area contributed by atoms with Gasteiger partial charge in [-0.2, -0.15) is 0 Å². The zero-order valence-corrected chi connectivity index (χ0v) is 5.36. The first-order valence-corrected chi connectivity index (χ1v) is 3.32. The molecular formula is C7H11FO. The van der Waals surface area contributed by atoms with Gasteiger partial charge in [0.05, 0.1) is 6.61 Å². The van der Waals surface area contributed by atoms with Gasteiger partial charge in [-0.05, 0) is 31.3 Å². The van der Waals surface area contributed by atoms with E-state index >= 15 is 0 Å². The lowest BCUT2D eigenvalue weighted by Crippen LogP contribution is -1.99. The number of hydrogen-bond donors (Lipinski definition) is 1. The second kappa shape index (κ2) is 2.97. The molecule has 0 radical (unpaired) electrons. The molecule has 1 nitrogen and oxygen atoms in total. The molecule has 9 heavy (non-hydrogen) atoms. The molecule has 1 aliphatic rings. The Morgan fingerprint density at radius 1 is 1.33 bits per heavy atom. The minimum atomic E-state index is -0.0914. The summed E-state index contributed by atoms with van der Waals surface area (Å²) in [6, 6.07) is 0. The second-order valence-corrected chi connectivity index (χ2v) is 2.37. The highest BCUT2D eigenvalue weighted by Crippen LogP contribution is 2.24. The first-order chi connectivity index (χ1) is 4.34. The molecule has 1 rings (SSSR count). The van der Waals surface area contributed by atoms with E-state index in [9.17, 15) is 4.39 Å². The Balaban J connectivity index is 2.59. The minimum absolute atomic E-state index is 0.0799. The molecule has 0 saturated heterocycles. The van der Waals surface area contributed by atoms with Gasteiger partial charge in [0.2, 0.25) is 0 Å². The Labute approximate surface area is 54.2 Å². The second-order valence-electron chi connectivity index (χ2n) is 2.37. The van der Waals surface area contributed by atoms with Gasteiger partial charge in [-0.1, -0.05) is 0 Å². The molecule has 0 aromatic heterocycles. The van der Waals surface area contributed by atoms with Crippen LogP contribution in [-0.4, -0.2) is 11.7 Å². The molecule has 0 aliphatic heterocycles. The quantitative estimate of drug-likeness (QED) is 0.573. The van der Waals surface area contributed by atoms with E-state index in [0.29, 0.717) is 12.0 Å². The lowest BCUT2D eigenvalue weighted by molar-refractivity contribution is 0.313. The molecule has 0 unspecified atom stereocenters. The maximum absolute atomic E-state index is 12.6. The third kappa shape index (κ3) is 1.52. The van der Waals surface area contributed by atoms with E-state index in [1.807, 2.05) is 0 Å². The van der Waals surface area contributed by atoms with Crippen LogP contribution in [0.4, 0.5) is 4.39 Å². The van der Waals surface area contributed by atoms with Crippen molar-refractivity contribution >= 4 is 0 Å². The first-order valence-electron chi connectivity index (χ1n) is 3.32. The van der Waals surface area contributed by atoms with Crippen LogP contribution in [0.25, 0.3) is 0 Å². The zero-order valence-electron chi connectivity index (χ0n) is 5.36. The SMILES string of the molecule is OCC1=C(F)CCCC1. The fourth-order valence-corrected chi connectivity index (χ4v) is 1.10. The predicted octanol–water partition coefficient (Wildman–Crippen LogP) is 1.78. The van der Waals surface area contributed by atoms with Crippen molar-refractivity contribution in [2.75, 3.05) is 6.61 Å². The highest BCUT2D eigenvalue weighted by molar-refractivity contribution is 5.10. The van der Waals surface area contributed by atoms with Crippen molar-refractivity contribution in [3.63, 3.8) is 0 Å². The molecule has 0 spiro atoms. The summed E-state index contributed by atoms with van der Waals surface area (Å²) >= 11 is 0. The zero-order chi connectivity index (χ0) is 6.69. The van der Waals surface area contributed by atoms with Crippen LogP contribution >= 0.6 is 0 Å². The van der Waals surface area contributed by atoms with Gasteiger partial charge in [0, 0.05) is 0 Å². The van der Waals surface area contributed by atoms with Gasteiger partial charge in [0.25, 0.3) is 0 Å². The lowest BCUT2D eigenvalue weighted by Gasteiger charge is -2.11. The van der Waals surface area contributed by atoms with Gasteiger partial charge in [0.1, 0.15) is 5.83 Å². The van der Waals surface area contributed by atoms with Crippen molar-refractivity contribution in [1.82, 2.24) is 0 Å². The average Bonchev–Trinajstić information content (AvgIpc) is 1.89. The summed E-state index contributed by atoms with van der Waals surface area (Å²) in [4.78, 5) is 0. The Kier molecular flexibility index (Phi) is 2.22. The molecule has 1 aliphatic carbocycles. The van der Waals surface area contributed by atoms with Gasteiger partial charge >= 0.3 is 0 Å². The molecular weight excluding hydrogens is 119 g/mol. The predicted molar refractivity (Wildman–Crippen MR) is 33.7 cm³/mol. The average molecular weight is 130 g/mol. The molecule has 0 aromatic carbocycles. The van der Waals surface area contributed by atoms with E-state index in [1.54, 1.807) is 0 Å². The van der Waals surface area contributed by atoms with Crippen LogP contribution in [0.2, 0.25) is 0 Å². The van der Waals surface area contributed by atoms with E-state index < -0.39 is 0 Å².